The minimum atomic E-state index is -0.836. The number of hydrogen-bond donors (Lipinski definition) is 2. The zero-order valence-electron chi connectivity index (χ0n) is 10.8. The number of carbonyl (C=O) groups excluding carboxylic acids is 3. The Balaban J connectivity index is 2.93. The van der Waals surface area contributed by atoms with Crippen molar-refractivity contribution >= 4 is 17.9 Å². The van der Waals surface area contributed by atoms with Crippen LogP contribution in [0.25, 0.3) is 0 Å². The Morgan fingerprint density at radius 2 is 1.44 bits per heavy atom. The Bertz CT molecular complexity index is 353. The van der Waals surface area contributed by atoms with Crippen LogP contribution in [-0.4, -0.2) is 40.5 Å². The first-order valence-electron chi connectivity index (χ1n) is 5.73. The normalized spacial score (nSPS) is 23.8. The molecular weight excluding hydrogens is 238 g/mol. The fraction of sp³-hybridized carbons (Fsp3) is 0.727. The number of likely N-dealkylation sites (tertiary alicyclic amines) is 1. The van der Waals surface area contributed by atoms with E-state index in [0.29, 0.717) is 12.8 Å². The number of carbonyl (C=O) groups is 3. The van der Waals surface area contributed by atoms with E-state index in [2.05, 4.69) is 0 Å². The molecule has 0 unspecified atom stereocenters. The molecule has 4 N–H and O–H groups in total. The Labute approximate surface area is 105 Å². The lowest BCUT2D eigenvalue weighted by molar-refractivity contribution is -0.126. The zero-order valence-corrected chi connectivity index (χ0v) is 10.8. The van der Waals surface area contributed by atoms with E-state index in [-0.39, 0.29) is 0 Å². The third kappa shape index (κ3) is 3.12. The molecule has 1 heterocycles. The van der Waals surface area contributed by atoms with Crippen LogP contribution in [0.15, 0.2) is 0 Å². The van der Waals surface area contributed by atoms with E-state index in [1.807, 2.05) is 0 Å². The van der Waals surface area contributed by atoms with Gasteiger partial charge in [-0.05, 0) is 33.6 Å². The van der Waals surface area contributed by atoms with Gasteiger partial charge in [0.05, 0.1) is 0 Å². The molecule has 0 saturated carbocycles. The van der Waals surface area contributed by atoms with Gasteiger partial charge in [-0.3, -0.25) is 14.5 Å². The van der Waals surface area contributed by atoms with E-state index in [1.165, 1.54) is 0 Å². The number of hydrogen-bond acceptors (Lipinski definition) is 4. The average Bonchev–Trinajstić information content (AvgIpc) is 2.58. The van der Waals surface area contributed by atoms with Crippen molar-refractivity contribution in [1.82, 2.24) is 4.90 Å². The predicted molar refractivity (Wildman–Crippen MR) is 63.3 cm³/mol. The fourth-order valence-corrected chi connectivity index (χ4v) is 1.94. The van der Waals surface area contributed by atoms with E-state index >= 15 is 0 Å². The van der Waals surface area contributed by atoms with Gasteiger partial charge in [0.2, 0.25) is 11.8 Å². The summed E-state index contributed by atoms with van der Waals surface area (Å²) >= 11 is 0. The summed E-state index contributed by atoms with van der Waals surface area (Å²) in [6.45, 7) is 5.08. The third-order valence-electron chi connectivity index (χ3n) is 2.65. The van der Waals surface area contributed by atoms with Gasteiger partial charge in [0, 0.05) is 0 Å². The molecule has 0 spiro atoms. The molecule has 7 heteroatoms. The summed E-state index contributed by atoms with van der Waals surface area (Å²) in [7, 11) is 0. The van der Waals surface area contributed by atoms with Crippen LogP contribution in [0, 0.1) is 0 Å². The van der Waals surface area contributed by atoms with Crippen LogP contribution in [0.3, 0.4) is 0 Å². The number of nitrogens with zero attached hydrogens (tertiary/aromatic N) is 1. The van der Waals surface area contributed by atoms with Gasteiger partial charge in [-0.2, -0.15) is 0 Å². The van der Waals surface area contributed by atoms with Gasteiger partial charge in [0.15, 0.2) is 0 Å². The zero-order chi connectivity index (χ0) is 14.1. The van der Waals surface area contributed by atoms with Crippen LogP contribution in [0.5, 0.6) is 0 Å². The SMILES string of the molecule is CC(C)(C)OC(=O)N1[C@@H](C(N)=O)CC[C@H]1C(N)=O. The second kappa shape index (κ2) is 4.83. The van der Waals surface area contributed by atoms with E-state index in [0.717, 1.165) is 4.90 Å². The molecule has 0 aromatic carbocycles. The highest BCUT2D eigenvalue weighted by Gasteiger charge is 2.44. The summed E-state index contributed by atoms with van der Waals surface area (Å²) in [5.74, 6) is -1.32. The summed E-state index contributed by atoms with van der Waals surface area (Å²) in [6.07, 6.45) is -0.0997. The molecule has 0 aliphatic carbocycles. The van der Waals surface area contributed by atoms with Gasteiger partial charge in [-0.25, -0.2) is 4.79 Å². The van der Waals surface area contributed by atoms with Gasteiger partial charge in [0.25, 0.3) is 0 Å². The lowest BCUT2D eigenvalue weighted by Crippen LogP contribution is -2.52. The molecule has 102 valence electrons. The molecule has 1 fully saturated rings. The van der Waals surface area contributed by atoms with Crippen LogP contribution in [-0.2, 0) is 14.3 Å². The molecular formula is C11H19N3O4. The highest BCUT2D eigenvalue weighted by molar-refractivity contribution is 5.90. The molecule has 1 saturated heterocycles. The van der Waals surface area contributed by atoms with Crippen molar-refractivity contribution in [2.24, 2.45) is 11.5 Å². The van der Waals surface area contributed by atoms with Gasteiger partial charge in [0.1, 0.15) is 17.7 Å². The lowest BCUT2D eigenvalue weighted by atomic mass is 10.2. The topological polar surface area (TPSA) is 116 Å². The Kier molecular flexibility index (Phi) is 3.83. The predicted octanol–water partition coefficient (Wildman–Crippen LogP) is -0.275. The van der Waals surface area contributed by atoms with E-state index in [4.69, 9.17) is 16.2 Å². The van der Waals surface area contributed by atoms with Gasteiger partial charge >= 0.3 is 6.09 Å². The van der Waals surface area contributed by atoms with Gasteiger partial charge < -0.3 is 16.2 Å². The molecule has 3 amide bonds. The van der Waals surface area contributed by atoms with Crippen molar-refractivity contribution in [3.8, 4) is 0 Å². The number of amides is 3. The molecule has 0 bridgehead atoms. The average molecular weight is 257 g/mol. The van der Waals surface area contributed by atoms with E-state index in [9.17, 15) is 14.4 Å². The monoisotopic (exact) mass is 257 g/mol. The van der Waals surface area contributed by atoms with Crippen molar-refractivity contribution in [2.75, 3.05) is 0 Å². The molecule has 0 radical (unpaired) electrons. The molecule has 7 nitrogen and oxygen atoms in total. The van der Waals surface area contributed by atoms with Crippen molar-refractivity contribution in [3.63, 3.8) is 0 Å². The standard InChI is InChI=1S/C11H19N3O4/c1-11(2,3)18-10(17)14-6(8(12)15)4-5-7(14)9(13)16/h6-7H,4-5H2,1-3H3,(H2,12,15)(H2,13,16)/t6-,7+. The summed E-state index contributed by atoms with van der Waals surface area (Å²) in [5.41, 5.74) is 9.70. The Morgan fingerprint density at radius 1 is 1.06 bits per heavy atom. The smallest absolute Gasteiger partial charge is 0.411 e. The van der Waals surface area contributed by atoms with Crippen LogP contribution in [0.4, 0.5) is 4.79 Å². The first kappa shape index (κ1) is 14.3. The summed E-state index contributed by atoms with van der Waals surface area (Å²) < 4.78 is 5.15. The van der Waals surface area contributed by atoms with Crippen molar-refractivity contribution in [3.05, 3.63) is 0 Å². The molecule has 1 aliphatic heterocycles. The van der Waals surface area contributed by atoms with Crippen molar-refractivity contribution in [2.45, 2.75) is 51.3 Å². The van der Waals surface area contributed by atoms with Crippen LogP contribution in [0.2, 0.25) is 0 Å². The van der Waals surface area contributed by atoms with E-state index in [1.54, 1.807) is 20.8 Å². The quantitative estimate of drug-likeness (QED) is 0.708. The fourth-order valence-electron chi connectivity index (χ4n) is 1.94. The molecule has 18 heavy (non-hydrogen) atoms. The summed E-state index contributed by atoms with van der Waals surface area (Å²) in [6, 6.07) is -1.67. The maximum Gasteiger partial charge on any atom is 0.411 e. The minimum absolute atomic E-state index is 0.322. The van der Waals surface area contributed by atoms with Crippen molar-refractivity contribution in [1.29, 1.82) is 0 Å². The molecule has 1 rings (SSSR count). The first-order valence-corrected chi connectivity index (χ1v) is 5.73. The van der Waals surface area contributed by atoms with Crippen molar-refractivity contribution < 1.29 is 19.1 Å². The number of rotatable bonds is 2. The van der Waals surface area contributed by atoms with Crippen LogP contribution >= 0.6 is 0 Å². The largest absolute Gasteiger partial charge is 0.444 e. The van der Waals surface area contributed by atoms with Gasteiger partial charge in [-0.1, -0.05) is 0 Å². The molecule has 0 aromatic heterocycles. The summed E-state index contributed by atoms with van der Waals surface area (Å²) in [4.78, 5) is 35.6. The van der Waals surface area contributed by atoms with Gasteiger partial charge in [-0.15, -0.1) is 0 Å². The minimum Gasteiger partial charge on any atom is -0.444 e. The van der Waals surface area contributed by atoms with E-state index < -0.39 is 35.6 Å². The Morgan fingerprint density at radius 3 is 1.72 bits per heavy atom. The van der Waals surface area contributed by atoms with Crippen LogP contribution < -0.4 is 11.5 Å². The second-order valence-electron chi connectivity index (χ2n) is 5.30. The maximum atomic E-state index is 12.0. The van der Waals surface area contributed by atoms with Crippen LogP contribution in [0.1, 0.15) is 33.6 Å². The first-order chi connectivity index (χ1) is 8.13. The number of nitrogens with two attached hydrogens (primary N) is 2. The second-order valence-corrected chi connectivity index (χ2v) is 5.30. The molecule has 2 atom stereocenters. The highest BCUT2D eigenvalue weighted by atomic mass is 16.6. The number of primary amides is 2. The Hall–Kier alpha value is -1.79. The number of ether oxygens (including phenoxy) is 1. The third-order valence-corrected chi connectivity index (χ3v) is 2.65. The summed E-state index contributed by atoms with van der Waals surface area (Å²) in [5, 5.41) is 0. The molecule has 1 aliphatic rings. The molecule has 0 aromatic rings. The maximum absolute atomic E-state index is 12.0. The highest BCUT2D eigenvalue weighted by Crippen LogP contribution is 2.26. The lowest BCUT2D eigenvalue weighted by Gasteiger charge is -2.30.